The molecule has 168 valence electrons. The first-order chi connectivity index (χ1) is 15.4. The third kappa shape index (κ3) is 5.02. The van der Waals surface area contributed by atoms with Crippen molar-refractivity contribution in [1.82, 2.24) is 4.98 Å². The summed E-state index contributed by atoms with van der Waals surface area (Å²) >= 11 is 1.10. The molecule has 0 aliphatic carbocycles. The third-order valence-electron chi connectivity index (χ3n) is 5.76. The third-order valence-corrected chi connectivity index (χ3v) is 6.29. The first kappa shape index (κ1) is 22.5. The SMILES string of the molecule is CCc1ccc2cc(C(=O)Nc3cccc(SN)c3)c(N3CCCC(F)(F)CC3)nc2c1. The number of nitrogens with zero attached hydrogens (tertiary/aromatic N) is 2. The fourth-order valence-corrected chi connectivity index (χ4v) is 4.30. The molecule has 1 saturated heterocycles. The molecule has 1 aliphatic heterocycles. The highest BCUT2D eigenvalue weighted by molar-refractivity contribution is 7.97. The number of anilines is 2. The van der Waals surface area contributed by atoms with Gasteiger partial charge in [-0.3, -0.25) is 9.93 Å². The second kappa shape index (κ2) is 9.42. The van der Waals surface area contributed by atoms with Gasteiger partial charge < -0.3 is 10.2 Å². The summed E-state index contributed by atoms with van der Waals surface area (Å²) in [4.78, 5) is 20.7. The van der Waals surface area contributed by atoms with E-state index in [0.29, 0.717) is 30.0 Å². The average molecular weight is 457 g/mol. The van der Waals surface area contributed by atoms with E-state index in [-0.39, 0.29) is 25.3 Å². The molecule has 0 spiro atoms. The number of nitrogens with two attached hydrogens (primary N) is 1. The van der Waals surface area contributed by atoms with E-state index in [0.717, 1.165) is 39.7 Å². The van der Waals surface area contributed by atoms with Crippen molar-refractivity contribution in [3.63, 3.8) is 0 Å². The number of amides is 1. The number of alkyl halides is 2. The second-order valence-electron chi connectivity index (χ2n) is 8.04. The Morgan fingerprint density at radius 1 is 1.19 bits per heavy atom. The number of nitrogens with one attached hydrogen (secondary N) is 1. The molecular weight excluding hydrogens is 430 g/mol. The van der Waals surface area contributed by atoms with Crippen LogP contribution in [0.1, 0.15) is 42.1 Å². The van der Waals surface area contributed by atoms with Gasteiger partial charge in [-0.2, -0.15) is 0 Å². The van der Waals surface area contributed by atoms with E-state index in [9.17, 15) is 13.6 Å². The predicted octanol–water partition coefficient (Wildman–Crippen LogP) is 5.64. The Kier molecular flexibility index (Phi) is 6.62. The molecule has 1 fully saturated rings. The molecule has 3 N–H and O–H groups in total. The Hall–Kier alpha value is -2.71. The van der Waals surface area contributed by atoms with Gasteiger partial charge in [0.1, 0.15) is 5.82 Å². The van der Waals surface area contributed by atoms with Crippen molar-refractivity contribution < 1.29 is 13.6 Å². The summed E-state index contributed by atoms with van der Waals surface area (Å²) in [5.41, 5.74) is 2.87. The molecule has 0 unspecified atom stereocenters. The first-order valence-electron chi connectivity index (χ1n) is 10.7. The summed E-state index contributed by atoms with van der Waals surface area (Å²) in [6.45, 7) is 2.65. The van der Waals surface area contributed by atoms with Crippen LogP contribution in [0.15, 0.2) is 53.4 Å². The van der Waals surface area contributed by atoms with E-state index in [1.54, 1.807) is 18.2 Å². The average Bonchev–Trinajstić information content (AvgIpc) is 2.98. The Labute approximate surface area is 190 Å². The molecule has 3 aromatic rings. The molecule has 2 heterocycles. The van der Waals surface area contributed by atoms with Gasteiger partial charge in [0.2, 0.25) is 5.92 Å². The van der Waals surface area contributed by atoms with Gasteiger partial charge in [-0.25, -0.2) is 13.8 Å². The number of benzene rings is 2. The van der Waals surface area contributed by atoms with Crippen molar-refractivity contribution in [2.24, 2.45) is 5.14 Å². The van der Waals surface area contributed by atoms with Crippen LogP contribution in [0.5, 0.6) is 0 Å². The molecule has 2 aromatic carbocycles. The van der Waals surface area contributed by atoms with Gasteiger partial charge in [-0.15, -0.1) is 0 Å². The fraction of sp³-hybridized carbons (Fsp3) is 0.333. The maximum atomic E-state index is 14.0. The first-order valence-corrected chi connectivity index (χ1v) is 11.6. The second-order valence-corrected chi connectivity index (χ2v) is 8.74. The number of pyridine rings is 1. The van der Waals surface area contributed by atoms with E-state index < -0.39 is 5.92 Å². The van der Waals surface area contributed by atoms with Crippen LogP contribution in [0, 0.1) is 0 Å². The van der Waals surface area contributed by atoms with E-state index in [1.165, 1.54) is 0 Å². The highest BCUT2D eigenvalue weighted by Crippen LogP contribution is 2.32. The zero-order chi connectivity index (χ0) is 22.7. The predicted molar refractivity (Wildman–Crippen MR) is 127 cm³/mol. The van der Waals surface area contributed by atoms with E-state index >= 15 is 0 Å². The van der Waals surface area contributed by atoms with Gasteiger partial charge >= 0.3 is 0 Å². The van der Waals surface area contributed by atoms with E-state index in [1.807, 2.05) is 35.2 Å². The number of aryl methyl sites for hydroxylation is 1. The number of hydrogen-bond acceptors (Lipinski definition) is 5. The molecule has 4 rings (SSSR count). The van der Waals surface area contributed by atoms with Gasteiger partial charge in [0.15, 0.2) is 0 Å². The maximum Gasteiger partial charge on any atom is 0.259 e. The van der Waals surface area contributed by atoms with E-state index in [2.05, 4.69) is 12.2 Å². The number of rotatable bonds is 5. The van der Waals surface area contributed by atoms with Crippen molar-refractivity contribution in [3.05, 3.63) is 59.7 Å². The van der Waals surface area contributed by atoms with Crippen LogP contribution in [-0.2, 0) is 6.42 Å². The quantitative estimate of drug-likeness (QED) is 0.486. The number of hydrogen-bond donors (Lipinski definition) is 2. The molecule has 0 atom stereocenters. The van der Waals surface area contributed by atoms with Gasteiger partial charge in [0.25, 0.3) is 5.91 Å². The molecule has 5 nitrogen and oxygen atoms in total. The normalized spacial score (nSPS) is 16.1. The number of carbonyl (C=O) groups excluding carboxylic acids is 1. The Bertz CT molecular complexity index is 1140. The summed E-state index contributed by atoms with van der Waals surface area (Å²) in [6.07, 6.45) is 0.805. The minimum atomic E-state index is -2.69. The molecule has 1 amide bonds. The van der Waals surface area contributed by atoms with Crippen LogP contribution in [-0.4, -0.2) is 29.9 Å². The molecule has 1 aromatic heterocycles. The topological polar surface area (TPSA) is 71.2 Å². The Morgan fingerprint density at radius 2 is 2.03 bits per heavy atom. The van der Waals surface area contributed by atoms with Gasteiger partial charge in [-0.05, 0) is 60.7 Å². The lowest BCUT2D eigenvalue weighted by molar-refractivity contribution is -0.0102. The maximum absolute atomic E-state index is 14.0. The van der Waals surface area contributed by atoms with E-state index in [4.69, 9.17) is 10.1 Å². The molecule has 0 saturated carbocycles. The monoisotopic (exact) mass is 456 g/mol. The minimum absolute atomic E-state index is 0.151. The number of aromatic nitrogens is 1. The number of halogens is 2. The highest BCUT2D eigenvalue weighted by Gasteiger charge is 2.33. The van der Waals surface area contributed by atoms with Gasteiger partial charge in [0, 0.05) is 41.9 Å². The summed E-state index contributed by atoms with van der Waals surface area (Å²) in [5.74, 6) is -2.57. The van der Waals surface area contributed by atoms with Crippen molar-refractivity contribution in [2.45, 2.75) is 43.4 Å². The zero-order valence-electron chi connectivity index (χ0n) is 17.9. The number of fused-ring (bicyclic) bond motifs is 1. The molecular formula is C24H26F2N4OS. The lowest BCUT2D eigenvalue weighted by Crippen LogP contribution is -2.29. The van der Waals surface area contributed by atoms with Crippen molar-refractivity contribution in [3.8, 4) is 0 Å². The minimum Gasteiger partial charge on any atom is -0.356 e. The molecule has 8 heteroatoms. The lowest BCUT2D eigenvalue weighted by atomic mass is 10.1. The van der Waals surface area contributed by atoms with Crippen molar-refractivity contribution in [2.75, 3.05) is 23.3 Å². The summed E-state index contributed by atoms with van der Waals surface area (Å²) in [5, 5.41) is 9.38. The Balaban J connectivity index is 1.74. The van der Waals surface area contributed by atoms with Crippen molar-refractivity contribution in [1.29, 1.82) is 0 Å². The van der Waals surface area contributed by atoms with Crippen LogP contribution in [0.2, 0.25) is 0 Å². The Morgan fingerprint density at radius 3 is 2.81 bits per heavy atom. The van der Waals surface area contributed by atoms with Gasteiger partial charge in [0.05, 0.1) is 11.1 Å². The van der Waals surface area contributed by atoms with Crippen LogP contribution < -0.4 is 15.4 Å². The fourth-order valence-electron chi connectivity index (χ4n) is 3.95. The summed E-state index contributed by atoms with van der Waals surface area (Å²) < 4.78 is 28.0. The standard InChI is InChI=1S/C24H26F2N4OS/c1-2-16-7-8-17-14-20(23(31)28-18-5-3-6-19(15-18)32-27)22(29-21(17)13-16)30-11-4-9-24(25,26)10-12-30/h3,5-8,13-15H,2,4,9-12,27H2,1H3,(H,28,31). The van der Waals surface area contributed by atoms with Crippen molar-refractivity contribution >= 4 is 40.3 Å². The molecule has 0 radical (unpaired) electrons. The highest BCUT2D eigenvalue weighted by atomic mass is 32.2. The molecule has 0 bridgehead atoms. The largest absolute Gasteiger partial charge is 0.356 e. The smallest absolute Gasteiger partial charge is 0.259 e. The van der Waals surface area contributed by atoms with Crippen LogP contribution in [0.25, 0.3) is 10.9 Å². The zero-order valence-corrected chi connectivity index (χ0v) is 18.7. The molecule has 1 aliphatic rings. The van der Waals surface area contributed by atoms with Crippen LogP contribution >= 0.6 is 11.9 Å². The van der Waals surface area contributed by atoms with Crippen LogP contribution in [0.3, 0.4) is 0 Å². The summed E-state index contributed by atoms with van der Waals surface area (Å²) in [7, 11) is 0. The van der Waals surface area contributed by atoms with Crippen LogP contribution in [0.4, 0.5) is 20.3 Å². The summed E-state index contributed by atoms with van der Waals surface area (Å²) in [6, 6.07) is 15.0. The lowest BCUT2D eigenvalue weighted by Gasteiger charge is -2.24. The van der Waals surface area contributed by atoms with Gasteiger partial charge in [-0.1, -0.05) is 25.1 Å². The molecule has 32 heavy (non-hydrogen) atoms. The number of carbonyl (C=O) groups is 1.